The number of esters is 1. The minimum absolute atomic E-state index is 0.0520. The van der Waals surface area contributed by atoms with Crippen molar-refractivity contribution >= 4 is 12.1 Å². The lowest BCUT2D eigenvalue weighted by atomic mass is 10.1. The van der Waals surface area contributed by atoms with Gasteiger partial charge in [0, 0.05) is 25.9 Å². The molecule has 1 heterocycles. The average Bonchev–Trinajstić information content (AvgIpc) is 2.53. The van der Waals surface area contributed by atoms with E-state index in [0.717, 1.165) is 5.56 Å². The molecule has 0 N–H and O–H groups in total. The van der Waals surface area contributed by atoms with Crippen LogP contribution in [0.1, 0.15) is 49.5 Å². The molecular formula is C19H27NO5. The largest absolute Gasteiger partial charge is 0.489 e. The first-order valence-corrected chi connectivity index (χ1v) is 8.54. The average molecular weight is 349 g/mol. The molecule has 0 spiro atoms. The van der Waals surface area contributed by atoms with Gasteiger partial charge in [0.15, 0.2) is 0 Å². The second-order valence-electron chi connectivity index (χ2n) is 7.22. The topological polar surface area (TPSA) is 65.1 Å². The molecule has 1 aliphatic heterocycles. The monoisotopic (exact) mass is 349 g/mol. The van der Waals surface area contributed by atoms with E-state index in [-0.39, 0.29) is 12.2 Å². The Hall–Kier alpha value is -2.24. The van der Waals surface area contributed by atoms with Gasteiger partial charge in [0.1, 0.15) is 23.0 Å². The van der Waals surface area contributed by atoms with Crippen LogP contribution in [0.25, 0.3) is 0 Å². The Labute approximate surface area is 149 Å². The quantitative estimate of drug-likeness (QED) is 0.781. The van der Waals surface area contributed by atoms with E-state index < -0.39 is 11.6 Å². The summed E-state index contributed by atoms with van der Waals surface area (Å²) in [6.07, 6.45) is 1.03. The molecule has 25 heavy (non-hydrogen) atoms. The molecule has 1 aliphatic rings. The minimum atomic E-state index is -0.499. The molecule has 6 heteroatoms. The lowest BCUT2D eigenvalue weighted by molar-refractivity contribution is 0.0126. The van der Waals surface area contributed by atoms with Gasteiger partial charge in [-0.05, 0) is 39.3 Å². The fourth-order valence-corrected chi connectivity index (χ4v) is 2.76. The van der Waals surface area contributed by atoms with Gasteiger partial charge in [-0.25, -0.2) is 9.59 Å². The predicted molar refractivity (Wildman–Crippen MR) is 94.0 cm³/mol. The fraction of sp³-hybridized carbons (Fsp3) is 0.579. The Morgan fingerprint density at radius 3 is 2.36 bits per heavy atom. The third-order valence-corrected chi connectivity index (χ3v) is 4.01. The fourth-order valence-electron chi connectivity index (χ4n) is 2.76. The van der Waals surface area contributed by atoms with Crippen LogP contribution in [0.4, 0.5) is 4.79 Å². The maximum absolute atomic E-state index is 12.1. The van der Waals surface area contributed by atoms with Crippen LogP contribution in [0, 0.1) is 6.92 Å². The van der Waals surface area contributed by atoms with E-state index in [1.807, 2.05) is 39.8 Å². The van der Waals surface area contributed by atoms with Gasteiger partial charge in [0.2, 0.25) is 0 Å². The van der Waals surface area contributed by atoms with E-state index in [1.54, 1.807) is 11.0 Å². The lowest BCUT2D eigenvalue weighted by Gasteiger charge is -2.33. The Morgan fingerprint density at radius 1 is 1.16 bits per heavy atom. The summed E-state index contributed by atoms with van der Waals surface area (Å²) in [5, 5.41) is 0. The van der Waals surface area contributed by atoms with Crippen LogP contribution >= 0.6 is 0 Å². The SMILES string of the molecule is COC(=O)c1c(C)cccc1OC1CCN(C(=O)OC(C)(C)C)CC1. The molecule has 0 saturated carbocycles. The Morgan fingerprint density at radius 2 is 1.80 bits per heavy atom. The van der Waals surface area contributed by atoms with Crippen molar-refractivity contribution in [1.82, 2.24) is 4.90 Å². The van der Waals surface area contributed by atoms with Crippen LogP contribution < -0.4 is 4.74 Å². The van der Waals surface area contributed by atoms with E-state index in [4.69, 9.17) is 14.2 Å². The smallest absolute Gasteiger partial charge is 0.410 e. The molecule has 0 atom stereocenters. The highest BCUT2D eigenvalue weighted by Crippen LogP contribution is 2.27. The molecule has 1 aromatic rings. The Kier molecular flexibility index (Phi) is 5.93. The van der Waals surface area contributed by atoms with Gasteiger partial charge < -0.3 is 19.1 Å². The maximum Gasteiger partial charge on any atom is 0.410 e. The van der Waals surface area contributed by atoms with Crippen molar-refractivity contribution in [3.63, 3.8) is 0 Å². The number of ether oxygens (including phenoxy) is 3. The van der Waals surface area contributed by atoms with Gasteiger partial charge in [-0.1, -0.05) is 12.1 Å². The van der Waals surface area contributed by atoms with Crippen molar-refractivity contribution in [3.8, 4) is 5.75 Å². The third kappa shape index (κ3) is 5.11. The molecule has 0 bridgehead atoms. The number of rotatable bonds is 3. The first-order chi connectivity index (χ1) is 11.7. The number of carbonyl (C=O) groups is 2. The standard InChI is InChI=1S/C19H27NO5/c1-13-7-6-8-15(16(13)17(21)23-5)24-14-9-11-20(12-10-14)18(22)25-19(2,3)4/h6-8,14H,9-12H2,1-5H3. The normalized spacial score (nSPS) is 15.6. The number of aryl methyl sites for hydroxylation is 1. The summed E-state index contributed by atoms with van der Waals surface area (Å²) < 4.78 is 16.3. The zero-order chi connectivity index (χ0) is 18.6. The summed E-state index contributed by atoms with van der Waals surface area (Å²) in [7, 11) is 1.36. The minimum Gasteiger partial charge on any atom is -0.489 e. The van der Waals surface area contributed by atoms with Crippen molar-refractivity contribution in [2.75, 3.05) is 20.2 Å². The van der Waals surface area contributed by atoms with Gasteiger partial charge in [-0.15, -0.1) is 0 Å². The number of likely N-dealkylation sites (tertiary alicyclic amines) is 1. The first-order valence-electron chi connectivity index (χ1n) is 8.54. The van der Waals surface area contributed by atoms with Crippen LogP contribution in [0.5, 0.6) is 5.75 Å². The summed E-state index contributed by atoms with van der Waals surface area (Å²) in [5.41, 5.74) is 0.775. The van der Waals surface area contributed by atoms with E-state index >= 15 is 0 Å². The molecule has 0 unspecified atom stereocenters. The van der Waals surface area contributed by atoms with Gasteiger partial charge >= 0.3 is 12.1 Å². The number of hydrogen-bond acceptors (Lipinski definition) is 5. The molecule has 1 aromatic carbocycles. The van der Waals surface area contributed by atoms with Crippen molar-refractivity contribution < 1.29 is 23.8 Å². The number of amides is 1. The number of carbonyl (C=O) groups excluding carboxylic acids is 2. The zero-order valence-corrected chi connectivity index (χ0v) is 15.6. The Balaban J connectivity index is 1.98. The summed E-state index contributed by atoms with van der Waals surface area (Å²) in [6, 6.07) is 5.48. The third-order valence-electron chi connectivity index (χ3n) is 4.01. The van der Waals surface area contributed by atoms with Crippen molar-refractivity contribution in [1.29, 1.82) is 0 Å². The molecule has 6 nitrogen and oxygen atoms in total. The number of benzene rings is 1. The van der Waals surface area contributed by atoms with E-state index in [0.29, 0.717) is 37.2 Å². The van der Waals surface area contributed by atoms with Crippen molar-refractivity contribution in [2.45, 2.75) is 52.2 Å². The lowest BCUT2D eigenvalue weighted by Crippen LogP contribution is -2.44. The Bertz CT molecular complexity index is 627. The highest BCUT2D eigenvalue weighted by Gasteiger charge is 2.28. The molecule has 0 radical (unpaired) electrons. The van der Waals surface area contributed by atoms with Gasteiger partial charge in [0.05, 0.1) is 7.11 Å². The summed E-state index contributed by atoms with van der Waals surface area (Å²) in [4.78, 5) is 25.8. The first kappa shape index (κ1) is 19.1. The van der Waals surface area contributed by atoms with Crippen molar-refractivity contribution in [3.05, 3.63) is 29.3 Å². The molecule has 1 amide bonds. The maximum atomic E-state index is 12.1. The zero-order valence-electron chi connectivity index (χ0n) is 15.6. The summed E-state index contributed by atoms with van der Waals surface area (Å²) in [5.74, 6) is 0.127. The van der Waals surface area contributed by atoms with Gasteiger partial charge in [-0.2, -0.15) is 0 Å². The van der Waals surface area contributed by atoms with Crippen LogP contribution in [-0.2, 0) is 9.47 Å². The molecule has 1 saturated heterocycles. The van der Waals surface area contributed by atoms with E-state index in [1.165, 1.54) is 7.11 Å². The van der Waals surface area contributed by atoms with Crippen LogP contribution in [0.3, 0.4) is 0 Å². The van der Waals surface area contributed by atoms with Gasteiger partial charge in [-0.3, -0.25) is 0 Å². The van der Waals surface area contributed by atoms with Gasteiger partial charge in [0.25, 0.3) is 0 Å². The number of hydrogen-bond donors (Lipinski definition) is 0. The molecule has 2 rings (SSSR count). The predicted octanol–water partition coefficient (Wildman–Crippen LogP) is 3.56. The second-order valence-corrected chi connectivity index (χ2v) is 7.22. The number of nitrogens with zero attached hydrogens (tertiary/aromatic N) is 1. The molecular weight excluding hydrogens is 322 g/mol. The summed E-state index contributed by atoms with van der Waals surface area (Å²) >= 11 is 0. The summed E-state index contributed by atoms with van der Waals surface area (Å²) in [6.45, 7) is 8.55. The molecule has 0 aliphatic carbocycles. The molecule has 138 valence electrons. The van der Waals surface area contributed by atoms with Crippen LogP contribution in [0.2, 0.25) is 0 Å². The highest BCUT2D eigenvalue weighted by atomic mass is 16.6. The van der Waals surface area contributed by atoms with Crippen LogP contribution in [0.15, 0.2) is 18.2 Å². The number of methoxy groups -OCH3 is 1. The number of piperidine rings is 1. The highest BCUT2D eigenvalue weighted by molar-refractivity contribution is 5.94. The molecule has 0 aromatic heterocycles. The van der Waals surface area contributed by atoms with E-state index in [9.17, 15) is 9.59 Å². The van der Waals surface area contributed by atoms with E-state index in [2.05, 4.69) is 0 Å². The van der Waals surface area contributed by atoms with Crippen molar-refractivity contribution in [2.24, 2.45) is 0 Å². The molecule has 1 fully saturated rings. The second kappa shape index (κ2) is 7.76. The van der Waals surface area contributed by atoms with Crippen LogP contribution in [-0.4, -0.2) is 48.9 Å².